The first-order valence-corrected chi connectivity index (χ1v) is 5.80. The van der Waals surface area contributed by atoms with Crippen molar-refractivity contribution in [1.29, 1.82) is 0 Å². The van der Waals surface area contributed by atoms with Crippen LogP contribution in [0, 0.1) is 3.57 Å². The fourth-order valence-corrected chi connectivity index (χ4v) is 1.64. The summed E-state index contributed by atoms with van der Waals surface area (Å²) in [6.07, 6.45) is 0. The molecule has 1 amide bonds. The lowest BCUT2D eigenvalue weighted by Gasteiger charge is -2.05. The number of nitrogens with zero attached hydrogens (tertiary/aromatic N) is 2. The van der Waals surface area contributed by atoms with Gasteiger partial charge >= 0.3 is 0 Å². The molecule has 1 aromatic carbocycles. The number of carbonyl (C=O) groups excluding carboxylic acids is 1. The summed E-state index contributed by atoms with van der Waals surface area (Å²) < 4.78 is 6.47. The summed E-state index contributed by atoms with van der Waals surface area (Å²) in [5.41, 5.74) is 5.17. The van der Waals surface area contributed by atoms with Crippen molar-refractivity contribution in [2.45, 2.75) is 0 Å². The number of halogens is 1. The molecule has 17 heavy (non-hydrogen) atoms. The molecular weight excluding hydrogens is 333 g/mol. The molecule has 0 saturated heterocycles. The average molecular weight is 341 g/mol. The highest BCUT2D eigenvalue weighted by Crippen LogP contribution is 2.24. The topological polar surface area (TPSA) is 78.1 Å². The third-order valence-electron chi connectivity index (χ3n) is 1.94. The number of benzene rings is 1. The molecule has 0 unspecified atom stereocenters. The highest BCUT2D eigenvalue weighted by atomic mass is 127. The van der Waals surface area contributed by atoms with E-state index in [1.807, 2.05) is 24.3 Å². The van der Waals surface area contributed by atoms with Crippen LogP contribution in [0.5, 0.6) is 11.6 Å². The summed E-state index contributed by atoms with van der Waals surface area (Å²) in [7, 11) is 0. The maximum atomic E-state index is 10.8. The van der Waals surface area contributed by atoms with Gasteiger partial charge in [-0.05, 0) is 40.8 Å². The first kappa shape index (κ1) is 11.8. The molecule has 0 bridgehead atoms. The number of ether oxygens (including phenoxy) is 1. The highest BCUT2D eigenvalue weighted by molar-refractivity contribution is 14.1. The van der Waals surface area contributed by atoms with Gasteiger partial charge in [0, 0.05) is 6.07 Å². The Bertz CT molecular complexity index is 543. The minimum atomic E-state index is -0.613. The Balaban J connectivity index is 2.20. The fourth-order valence-electron chi connectivity index (χ4n) is 1.15. The molecule has 2 aromatic rings. The molecule has 0 fully saturated rings. The quantitative estimate of drug-likeness (QED) is 0.866. The lowest BCUT2D eigenvalue weighted by atomic mass is 10.3. The van der Waals surface area contributed by atoms with E-state index >= 15 is 0 Å². The second-order valence-corrected chi connectivity index (χ2v) is 4.32. The van der Waals surface area contributed by atoms with Crippen molar-refractivity contribution in [2.75, 3.05) is 0 Å². The van der Waals surface area contributed by atoms with Gasteiger partial charge in [-0.1, -0.05) is 12.1 Å². The van der Waals surface area contributed by atoms with E-state index in [4.69, 9.17) is 10.5 Å². The van der Waals surface area contributed by atoms with Crippen LogP contribution in [0.4, 0.5) is 0 Å². The van der Waals surface area contributed by atoms with Gasteiger partial charge in [0.1, 0.15) is 5.75 Å². The van der Waals surface area contributed by atoms with E-state index in [-0.39, 0.29) is 5.69 Å². The molecule has 0 spiro atoms. The van der Waals surface area contributed by atoms with Crippen LogP contribution in [0.2, 0.25) is 0 Å². The second kappa shape index (κ2) is 5.09. The maximum Gasteiger partial charge on any atom is 0.269 e. The van der Waals surface area contributed by atoms with Crippen LogP contribution in [0.3, 0.4) is 0 Å². The van der Waals surface area contributed by atoms with Crippen LogP contribution in [0.25, 0.3) is 0 Å². The predicted molar refractivity (Wildman–Crippen MR) is 69.8 cm³/mol. The number of rotatable bonds is 3. The number of hydrogen-bond acceptors (Lipinski definition) is 4. The van der Waals surface area contributed by atoms with Gasteiger partial charge in [-0.25, -0.2) is 0 Å². The Morgan fingerprint density at radius 1 is 1.18 bits per heavy atom. The maximum absolute atomic E-state index is 10.8. The van der Waals surface area contributed by atoms with Crippen molar-refractivity contribution in [1.82, 2.24) is 10.2 Å². The summed E-state index contributed by atoms with van der Waals surface area (Å²) in [5, 5.41) is 7.41. The molecule has 0 aliphatic rings. The van der Waals surface area contributed by atoms with E-state index in [2.05, 4.69) is 32.8 Å². The number of hydrogen-bond donors (Lipinski definition) is 1. The van der Waals surface area contributed by atoms with Crippen molar-refractivity contribution < 1.29 is 9.53 Å². The van der Waals surface area contributed by atoms with Crippen molar-refractivity contribution in [3.63, 3.8) is 0 Å². The van der Waals surface area contributed by atoms with Gasteiger partial charge in [0.05, 0.1) is 3.57 Å². The molecule has 2 N–H and O–H groups in total. The lowest BCUT2D eigenvalue weighted by Crippen LogP contribution is -2.13. The standard InChI is InChI=1S/C11H8IN3O2/c12-7-3-1-2-4-9(7)17-10-6-5-8(11(13)16)14-15-10/h1-6H,(H2,13,16). The van der Waals surface area contributed by atoms with E-state index < -0.39 is 5.91 Å². The Morgan fingerprint density at radius 2 is 1.94 bits per heavy atom. The third-order valence-corrected chi connectivity index (χ3v) is 2.83. The van der Waals surface area contributed by atoms with Crippen molar-refractivity contribution in [3.05, 3.63) is 45.7 Å². The van der Waals surface area contributed by atoms with Crippen LogP contribution < -0.4 is 10.5 Å². The molecule has 0 atom stereocenters. The van der Waals surface area contributed by atoms with Gasteiger partial charge < -0.3 is 10.5 Å². The fraction of sp³-hybridized carbons (Fsp3) is 0. The lowest BCUT2D eigenvalue weighted by molar-refractivity contribution is 0.0994. The normalized spacial score (nSPS) is 9.94. The molecule has 86 valence electrons. The SMILES string of the molecule is NC(=O)c1ccc(Oc2ccccc2I)nn1. The van der Waals surface area contributed by atoms with E-state index in [9.17, 15) is 4.79 Å². The van der Waals surface area contributed by atoms with Gasteiger partial charge in [0.15, 0.2) is 5.69 Å². The summed E-state index contributed by atoms with van der Waals surface area (Å²) in [4.78, 5) is 10.8. The van der Waals surface area contributed by atoms with E-state index in [1.54, 1.807) is 6.07 Å². The number of aromatic nitrogens is 2. The zero-order valence-corrected chi connectivity index (χ0v) is 10.8. The molecule has 1 heterocycles. The monoisotopic (exact) mass is 341 g/mol. The van der Waals surface area contributed by atoms with Crippen LogP contribution >= 0.6 is 22.6 Å². The molecule has 0 saturated carbocycles. The number of amides is 1. The first-order chi connectivity index (χ1) is 8.16. The summed E-state index contributed by atoms with van der Waals surface area (Å²) in [5.74, 6) is 0.395. The molecule has 0 aliphatic heterocycles. The molecule has 0 aliphatic carbocycles. The highest BCUT2D eigenvalue weighted by Gasteiger charge is 2.06. The Hall–Kier alpha value is -1.70. The van der Waals surface area contributed by atoms with E-state index in [1.165, 1.54) is 6.07 Å². The molecular formula is C11H8IN3O2. The van der Waals surface area contributed by atoms with Crippen LogP contribution in [-0.4, -0.2) is 16.1 Å². The summed E-state index contributed by atoms with van der Waals surface area (Å²) >= 11 is 2.16. The average Bonchev–Trinajstić information content (AvgIpc) is 2.33. The van der Waals surface area contributed by atoms with Gasteiger partial charge in [-0.3, -0.25) is 4.79 Å². The van der Waals surface area contributed by atoms with E-state index in [0.29, 0.717) is 11.6 Å². The first-order valence-electron chi connectivity index (χ1n) is 4.73. The van der Waals surface area contributed by atoms with Crippen LogP contribution in [-0.2, 0) is 0 Å². The van der Waals surface area contributed by atoms with Gasteiger partial charge in [0.2, 0.25) is 5.88 Å². The van der Waals surface area contributed by atoms with Gasteiger partial charge in [-0.2, -0.15) is 0 Å². The second-order valence-electron chi connectivity index (χ2n) is 3.15. The smallest absolute Gasteiger partial charge is 0.269 e. The number of nitrogens with two attached hydrogens (primary N) is 1. The number of carbonyl (C=O) groups is 1. The molecule has 0 radical (unpaired) electrons. The van der Waals surface area contributed by atoms with Crippen molar-refractivity contribution >= 4 is 28.5 Å². The van der Waals surface area contributed by atoms with Crippen LogP contribution in [0.15, 0.2) is 36.4 Å². The Kier molecular flexibility index (Phi) is 3.52. The van der Waals surface area contributed by atoms with Crippen molar-refractivity contribution in [3.8, 4) is 11.6 Å². The van der Waals surface area contributed by atoms with Crippen LogP contribution in [0.1, 0.15) is 10.5 Å². The largest absolute Gasteiger partial charge is 0.436 e. The van der Waals surface area contributed by atoms with Gasteiger partial charge in [0.25, 0.3) is 5.91 Å². The summed E-state index contributed by atoms with van der Waals surface area (Å²) in [6, 6.07) is 10.5. The Labute approximate surface area is 111 Å². The zero-order valence-electron chi connectivity index (χ0n) is 8.63. The molecule has 2 rings (SSSR count). The minimum Gasteiger partial charge on any atom is -0.436 e. The Morgan fingerprint density at radius 3 is 2.53 bits per heavy atom. The molecule has 5 nitrogen and oxygen atoms in total. The predicted octanol–water partition coefficient (Wildman–Crippen LogP) is 1.97. The van der Waals surface area contributed by atoms with E-state index in [0.717, 1.165) is 3.57 Å². The zero-order chi connectivity index (χ0) is 12.3. The third kappa shape index (κ3) is 2.90. The molecule has 6 heteroatoms. The summed E-state index contributed by atoms with van der Waals surface area (Å²) in [6.45, 7) is 0. The van der Waals surface area contributed by atoms with Crippen molar-refractivity contribution in [2.24, 2.45) is 5.73 Å². The minimum absolute atomic E-state index is 0.111. The molecule has 1 aromatic heterocycles. The number of para-hydroxylation sites is 1. The number of primary amides is 1. The van der Waals surface area contributed by atoms with Gasteiger partial charge in [-0.15, -0.1) is 10.2 Å².